The number of fused-ring (bicyclic) bond motifs is 1. The van der Waals surface area contributed by atoms with E-state index in [1.54, 1.807) is 29.2 Å². The Hall–Kier alpha value is -2.49. The summed E-state index contributed by atoms with van der Waals surface area (Å²) in [5.41, 5.74) is 2.11. The lowest BCUT2D eigenvalue weighted by Gasteiger charge is -2.11. The van der Waals surface area contributed by atoms with Crippen molar-refractivity contribution in [1.29, 1.82) is 0 Å². The maximum Gasteiger partial charge on any atom is 0.325 e. The van der Waals surface area contributed by atoms with E-state index in [1.165, 1.54) is 11.3 Å². The van der Waals surface area contributed by atoms with Crippen molar-refractivity contribution < 1.29 is 9.59 Å². The van der Waals surface area contributed by atoms with Gasteiger partial charge in [-0.05, 0) is 56.6 Å². The minimum absolute atomic E-state index is 0.0964. The highest BCUT2D eigenvalue weighted by Gasteiger charge is 2.09. The Morgan fingerprint density at radius 1 is 1.04 bits per heavy atom. The van der Waals surface area contributed by atoms with E-state index in [0.29, 0.717) is 23.1 Å². The highest BCUT2D eigenvalue weighted by atomic mass is 79.9. The first-order valence-electron chi connectivity index (χ1n) is 8.08. The van der Waals surface area contributed by atoms with Crippen LogP contribution >= 0.6 is 27.3 Å². The van der Waals surface area contributed by atoms with Crippen molar-refractivity contribution in [2.24, 2.45) is 0 Å². The molecule has 1 aromatic heterocycles. The number of amides is 3. The molecule has 0 fully saturated rings. The van der Waals surface area contributed by atoms with Crippen LogP contribution in [0, 0.1) is 0 Å². The van der Waals surface area contributed by atoms with E-state index in [2.05, 4.69) is 36.9 Å². The SMILES string of the molecule is CN(C)CC(=O)Nc1ccc(NC(=O)Nc2nc3cc(Br)ccc3s2)cc1. The molecule has 3 rings (SSSR count). The molecule has 0 aliphatic heterocycles. The number of halogens is 1. The molecule has 0 bridgehead atoms. The Balaban J connectivity index is 1.57. The summed E-state index contributed by atoms with van der Waals surface area (Å²) in [5.74, 6) is -0.0964. The molecular formula is C18H18BrN5O2S. The van der Waals surface area contributed by atoms with Gasteiger partial charge in [0.2, 0.25) is 5.91 Å². The fourth-order valence-electron chi connectivity index (χ4n) is 2.34. The first-order valence-corrected chi connectivity index (χ1v) is 9.69. The third-order valence-corrected chi connectivity index (χ3v) is 4.90. The topological polar surface area (TPSA) is 86.4 Å². The monoisotopic (exact) mass is 447 g/mol. The van der Waals surface area contributed by atoms with Gasteiger partial charge in [0.25, 0.3) is 0 Å². The number of aromatic nitrogens is 1. The lowest BCUT2D eigenvalue weighted by Crippen LogP contribution is -2.27. The molecule has 27 heavy (non-hydrogen) atoms. The molecule has 1 heterocycles. The number of benzene rings is 2. The Morgan fingerprint density at radius 3 is 2.37 bits per heavy atom. The standard InChI is InChI=1S/C18H18BrN5O2S/c1-24(2)10-16(25)20-12-4-6-13(7-5-12)21-17(26)23-18-22-14-9-11(19)3-8-15(14)27-18/h3-9H,10H2,1-2H3,(H,20,25)(H2,21,22,23,26). The molecule has 0 saturated heterocycles. The number of likely N-dealkylation sites (N-methyl/N-ethyl adjacent to an activating group) is 1. The molecule has 7 nitrogen and oxygen atoms in total. The maximum atomic E-state index is 12.2. The first kappa shape index (κ1) is 19.3. The summed E-state index contributed by atoms with van der Waals surface area (Å²) in [7, 11) is 3.66. The van der Waals surface area contributed by atoms with E-state index in [9.17, 15) is 9.59 Å². The van der Waals surface area contributed by atoms with Crippen LogP contribution in [-0.2, 0) is 4.79 Å². The van der Waals surface area contributed by atoms with Crippen LogP contribution in [0.5, 0.6) is 0 Å². The van der Waals surface area contributed by atoms with Gasteiger partial charge in [-0.1, -0.05) is 27.3 Å². The Morgan fingerprint density at radius 2 is 1.70 bits per heavy atom. The van der Waals surface area contributed by atoms with Crippen LogP contribution in [0.25, 0.3) is 10.2 Å². The molecule has 2 aromatic carbocycles. The summed E-state index contributed by atoms with van der Waals surface area (Å²) in [6.45, 7) is 0.307. The predicted octanol–water partition coefficient (Wildman–Crippen LogP) is 4.20. The van der Waals surface area contributed by atoms with Crippen molar-refractivity contribution in [2.45, 2.75) is 0 Å². The average Bonchev–Trinajstić information content (AvgIpc) is 2.97. The van der Waals surface area contributed by atoms with Crippen molar-refractivity contribution in [3.63, 3.8) is 0 Å². The number of carbonyl (C=O) groups excluding carboxylic acids is 2. The van der Waals surface area contributed by atoms with Crippen LogP contribution in [0.15, 0.2) is 46.9 Å². The summed E-state index contributed by atoms with van der Waals surface area (Å²) in [6, 6.07) is 12.3. The second-order valence-corrected chi connectivity index (χ2v) is 8.02. The first-order chi connectivity index (χ1) is 12.9. The molecule has 140 valence electrons. The Kier molecular flexibility index (Phi) is 6.04. The van der Waals surface area contributed by atoms with Crippen LogP contribution in [0.2, 0.25) is 0 Å². The number of rotatable bonds is 5. The van der Waals surface area contributed by atoms with Crippen molar-refractivity contribution in [1.82, 2.24) is 9.88 Å². The van der Waals surface area contributed by atoms with E-state index < -0.39 is 0 Å². The van der Waals surface area contributed by atoms with E-state index in [4.69, 9.17) is 0 Å². The number of urea groups is 1. The van der Waals surface area contributed by atoms with Crippen molar-refractivity contribution in [2.75, 3.05) is 36.6 Å². The molecule has 0 atom stereocenters. The van der Waals surface area contributed by atoms with Gasteiger partial charge in [0.1, 0.15) is 0 Å². The van der Waals surface area contributed by atoms with Crippen molar-refractivity contribution >= 4 is 65.9 Å². The molecule has 0 aliphatic carbocycles. The van der Waals surface area contributed by atoms with Crippen LogP contribution in [0.3, 0.4) is 0 Å². The third kappa shape index (κ3) is 5.49. The molecule has 0 radical (unpaired) electrons. The molecule has 0 saturated carbocycles. The zero-order valence-electron chi connectivity index (χ0n) is 14.7. The van der Waals surface area contributed by atoms with Crippen LogP contribution in [-0.4, -0.2) is 42.5 Å². The molecule has 3 amide bonds. The van der Waals surface area contributed by atoms with Gasteiger partial charge in [-0.3, -0.25) is 10.1 Å². The number of thiazole rings is 1. The van der Waals surface area contributed by atoms with E-state index in [-0.39, 0.29) is 11.9 Å². The number of hydrogen-bond donors (Lipinski definition) is 3. The summed E-state index contributed by atoms with van der Waals surface area (Å²) < 4.78 is 1.93. The second kappa shape index (κ2) is 8.47. The Bertz CT molecular complexity index is 972. The summed E-state index contributed by atoms with van der Waals surface area (Å²) in [6.07, 6.45) is 0. The van der Waals surface area contributed by atoms with Crippen LogP contribution < -0.4 is 16.0 Å². The third-order valence-electron chi connectivity index (χ3n) is 3.46. The highest BCUT2D eigenvalue weighted by molar-refractivity contribution is 9.10. The molecule has 9 heteroatoms. The lowest BCUT2D eigenvalue weighted by atomic mass is 10.3. The van der Waals surface area contributed by atoms with E-state index >= 15 is 0 Å². The van der Waals surface area contributed by atoms with Gasteiger partial charge in [0.15, 0.2) is 5.13 Å². The largest absolute Gasteiger partial charge is 0.325 e. The molecular weight excluding hydrogens is 430 g/mol. The van der Waals surface area contributed by atoms with Crippen LogP contribution in [0.1, 0.15) is 0 Å². The number of carbonyl (C=O) groups is 2. The minimum Gasteiger partial charge on any atom is -0.325 e. The fraction of sp³-hybridized carbons (Fsp3) is 0.167. The highest BCUT2D eigenvalue weighted by Crippen LogP contribution is 2.28. The molecule has 3 N–H and O–H groups in total. The van der Waals surface area contributed by atoms with Gasteiger partial charge < -0.3 is 15.5 Å². The normalized spacial score (nSPS) is 10.8. The maximum absolute atomic E-state index is 12.2. The smallest absolute Gasteiger partial charge is 0.325 e. The lowest BCUT2D eigenvalue weighted by molar-refractivity contribution is -0.116. The Labute approximate surface area is 168 Å². The van der Waals surface area contributed by atoms with Gasteiger partial charge in [-0.2, -0.15) is 0 Å². The van der Waals surface area contributed by atoms with Gasteiger partial charge in [0.05, 0.1) is 16.8 Å². The minimum atomic E-state index is -0.377. The quantitative estimate of drug-likeness (QED) is 0.546. The molecule has 3 aromatic rings. The molecule has 0 unspecified atom stereocenters. The van der Waals surface area contributed by atoms with E-state index in [0.717, 1.165) is 14.7 Å². The summed E-state index contributed by atoms with van der Waals surface area (Å²) in [5, 5.41) is 8.79. The van der Waals surface area contributed by atoms with Gasteiger partial charge in [-0.25, -0.2) is 9.78 Å². The van der Waals surface area contributed by atoms with Crippen molar-refractivity contribution in [3.05, 3.63) is 46.9 Å². The summed E-state index contributed by atoms with van der Waals surface area (Å²) in [4.78, 5) is 30.1. The van der Waals surface area contributed by atoms with Crippen molar-refractivity contribution in [3.8, 4) is 0 Å². The predicted molar refractivity (Wildman–Crippen MR) is 114 cm³/mol. The fourth-order valence-corrected chi connectivity index (χ4v) is 3.53. The zero-order valence-corrected chi connectivity index (χ0v) is 17.1. The zero-order chi connectivity index (χ0) is 19.4. The van der Waals surface area contributed by atoms with Gasteiger partial charge in [-0.15, -0.1) is 0 Å². The van der Waals surface area contributed by atoms with Gasteiger partial charge in [0, 0.05) is 15.8 Å². The van der Waals surface area contributed by atoms with Gasteiger partial charge >= 0.3 is 6.03 Å². The summed E-state index contributed by atoms with van der Waals surface area (Å²) >= 11 is 4.81. The number of anilines is 3. The molecule has 0 aliphatic rings. The van der Waals surface area contributed by atoms with Crippen LogP contribution in [0.4, 0.5) is 21.3 Å². The number of nitrogens with zero attached hydrogens (tertiary/aromatic N) is 2. The average molecular weight is 448 g/mol. The number of hydrogen-bond acceptors (Lipinski definition) is 5. The second-order valence-electron chi connectivity index (χ2n) is 6.07. The number of nitrogens with one attached hydrogen (secondary N) is 3. The molecule has 0 spiro atoms. The van der Waals surface area contributed by atoms with E-state index in [1.807, 2.05) is 32.3 Å².